The maximum absolute atomic E-state index is 5.65. The van der Waals surface area contributed by atoms with E-state index in [2.05, 4.69) is 24.3 Å². The van der Waals surface area contributed by atoms with Crippen molar-refractivity contribution < 1.29 is 4.74 Å². The molecular weight excluding hydrogens is 246 g/mol. The molecule has 2 aromatic rings. The second kappa shape index (κ2) is 6.92. The van der Waals surface area contributed by atoms with Crippen LogP contribution in [0, 0.1) is 0 Å². The number of nitrogens with two attached hydrogens (primary N) is 1. The molecule has 2 rings (SSSR count). The summed E-state index contributed by atoms with van der Waals surface area (Å²) in [5, 5.41) is 0. The molecule has 2 N–H and O–H groups in total. The number of hydrogen-bond donors (Lipinski definition) is 1. The van der Waals surface area contributed by atoms with E-state index >= 15 is 0 Å². The zero-order chi connectivity index (χ0) is 12.1. The normalized spacial score (nSPS) is 9.61. The molecule has 0 radical (unpaired) electrons. The van der Waals surface area contributed by atoms with Gasteiger partial charge in [0.25, 0.3) is 0 Å². The lowest BCUT2D eigenvalue weighted by Gasteiger charge is -2.04. The van der Waals surface area contributed by atoms with Crippen LogP contribution in [0.1, 0.15) is 11.1 Å². The van der Waals surface area contributed by atoms with Crippen LogP contribution in [0.2, 0.25) is 0 Å². The molecule has 0 aliphatic heterocycles. The first-order valence-electron chi connectivity index (χ1n) is 5.75. The van der Waals surface area contributed by atoms with Gasteiger partial charge in [-0.05, 0) is 48.2 Å². The molecule has 0 saturated carbocycles. The molecule has 0 spiro atoms. The molecule has 0 aliphatic rings. The Labute approximate surface area is 114 Å². The molecule has 0 aromatic heterocycles. The van der Waals surface area contributed by atoms with Gasteiger partial charge in [-0.2, -0.15) is 0 Å². The van der Waals surface area contributed by atoms with E-state index in [0.717, 1.165) is 24.3 Å². The summed E-state index contributed by atoms with van der Waals surface area (Å²) >= 11 is 0. The van der Waals surface area contributed by atoms with E-state index in [1.54, 1.807) is 7.11 Å². The Kier molecular flexibility index (Phi) is 5.53. The van der Waals surface area contributed by atoms with Crippen LogP contribution in [-0.2, 0) is 12.8 Å². The monoisotopic (exact) mass is 263 g/mol. The van der Waals surface area contributed by atoms with E-state index in [1.165, 1.54) is 11.1 Å². The molecule has 2 nitrogen and oxygen atoms in total. The number of ether oxygens (including phenoxy) is 1. The number of anilines is 1. The lowest BCUT2D eigenvalue weighted by atomic mass is 10.0. The van der Waals surface area contributed by atoms with Gasteiger partial charge in [0.2, 0.25) is 0 Å². The maximum atomic E-state index is 5.65. The Morgan fingerprint density at radius 3 is 1.72 bits per heavy atom. The molecule has 18 heavy (non-hydrogen) atoms. The zero-order valence-corrected chi connectivity index (χ0v) is 11.2. The third-order valence-electron chi connectivity index (χ3n) is 2.84. The second-order valence-corrected chi connectivity index (χ2v) is 4.09. The van der Waals surface area contributed by atoms with Crippen molar-refractivity contribution in [1.29, 1.82) is 0 Å². The van der Waals surface area contributed by atoms with E-state index < -0.39 is 0 Å². The summed E-state index contributed by atoms with van der Waals surface area (Å²) in [7, 11) is 1.68. The summed E-state index contributed by atoms with van der Waals surface area (Å²) in [5.41, 5.74) is 9.11. The van der Waals surface area contributed by atoms with Crippen LogP contribution in [0.15, 0.2) is 48.5 Å². The number of methoxy groups -OCH3 is 1. The van der Waals surface area contributed by atoms with Gasteiger partial charge < -0.3 is 10.5 Å². The first-order valence-corrected chi connectivity index (χ1v) is 5.75. The van der Waals surface area contributed by atoms with E-state index in [1.807, 2.05) is 24.3 Å². The number of halogens is 1. The Morgan fingerprint density at radius 2 is 1.28 bits per heavy atom. The van der Waals surface area contributed by atoms with E-state index in [0.29, 0.717) is 0 Å². The highest BCUT2D eigenvalue weighted by molar-refractivity contribution is 5.85. The quantitative estimate of drug-likeness (QED) is 0.857. The number of aryl methyl sites for hydroxylation is 2. The van der Waals surface area contributed by atoms with Crippen molar-refractivity contribution >= 4 is 18.1 Å². The highest BCUT2D eigenvalue weighted by atomic mass is 35.5. The smallest absolute Gasteiger partial charge is 0.118 e. The van der Waals surface area contributed by atoms with Gasteiger partial charge in [-0.1, -0.05) is 24.3 Å². The molecule has 3 heteroatoms. The number of rotatable bonds is 4. The Balaban J connectivity index is 0.00000162. The molecule has 0 unspecified atom stereocenters. The fourth-order valence-corrected chi connectivity index (χ4v) is 1.77. The first-order chi connectivity index (χ1) is 8.28. The van der Waals surface area contributed by atoms with Gasteiger partial charge in [-0.15, -0.1) is 12.4 Å². The average Bonchev–Trinajstić information content (AvgIpc) is 2.39. The molecule has 2 aromatic carbocycles. The van der Waals surface area contributed by atoms with Crippen LogP contribution in [0.25, 0.3) is 0 Å². The van der Waals surface area contributed by atoms with Crippen molar-refractivity contribution in [2.24, 2.45) is 0 Å². The van der Waals surface area contributed by atoms with Crippen LogP contribution in [0.5, 0.6) is 5.75 Å². The van der Waals surface area contributed by atoms with Crippen LogP contribution in [-0.4, -0.2) is 7.11 Å². The third-order valence-corrected chi connectivity index (χ3v) is 2.84. The summed E-state index contributed by atoms with van der Waals surface area (Å²) < 4.78 is 5.13. The minimum atomic E-state index is 0. The summed E-state index contributed by atoms with van der Waals surface area (Å²) in [5.74, 6) is 0.904. The van der Waals surface area contributed by atoms with Crippen molar-refractivity contribution in [3.8, 4) is 5.75 Å². The summed E-state index contributed by atoms with van der Waals surface area (Å²) in [6, 6.07) is 16.3. The van der Waals surface area contributed by atoms with Gasteiger partial charge in [-0.3, -0.25) is 0 Å². The predicted octanol–water partition coefficient (Wildman–Crippen LogP) is 3.48. The zero-order valence-electron chi connectivity index (χ0n) is 10.4. The SMILES string of the molecule is COc1ccc(CCc2ccc(N)cc2)cc1.Cl. The van der Waals surface area contributed by atoms with Crippen molar-refractivity contribution in [3.63, 3.8) is 0 Å². The lowest BCUT2D eigenvalue weighted by molar-refractivity contribution is 0.414. The van der Waals surface area contributed by atoms with Gasteiger partial charge in [0.15, 0.2) is 0 Å². The lowest BCUT2D eigenvalue weighted by Crippen LogP contribution is -1.92. The highest BCUT2D eigenvalue weighted by Crippen LogP contribution is 2.14. The molecular formula is C15H18ClNO. The van der Waals surface area contributed by atoms with Gasteiger partial charge in [-0.25, -0.2) is 0 Å². The first kappa shape index (κ1) is 14.4. The van der Waals surface area contributed by atoms with Crippen LogP contribution >= 0.6 is 12.4 Å². The highest BCUT2D eigenvalue weighted by Gasteiger charge is 1.97. The van der Waals surface area contributed by atoms with Crippen molar-refractivity contribution in [2.75, 3.05) is 12.8 Å². The molecule has 0 amide bonds. The fraction of sp³-hybridized carbons (Fsp3) is 0.200. The number of benzene rings is 2. The Bertz CT molecular complexity index is 465. The molecule has 0 atom stereocenters. The van der Waals surface area contributed by atoms with Crippen LogP contribution in [0.4, 0.5) is 5.69 Å². The van der Waals surface area contributed by atoms with E-state index in [9.17, 15) is 0 Å². The van der Waals surface area contributed by atoms with Crippen molar-refractivity contribution in [2.45, 2.75) is 12.8 Å². The molecule has 96 valence electrons. The number of hydrogen-bond acceptors (Lipinski definition) is 2. The second-order valence-electron chi connectivity index (χ2n) is 4.09. The topological polar surface area (TPSA) is 35.2 Å². The van der Waals surface area contributed by atoms with Crippen LogP contribution < -0.4 is 10.5 Å². The molecule has 0 saturated heterocycles. The minimum absolute atomic E-state index is 0. The standard InChI is InChI=1S/C15H17NO.ClH/c1-17-15-10-6-13(7-11-15)3-2-12-4-8-14(16)9-5-12;/h4-11H,2-3,16H2,1H3;1H. The summed E-state index contributed by atoms with van der Waals surface area (Å²) in [4.78, 5) is 0. The van der Waals surface area contributed by atoms with Gasteiger partial charge in [0.05, 0.1) is 7.11 Å². The summed E-state index contributed by atoms with van der Waals surface area (Å²) in [6.07, 6.45) is 2.07. The average molecular weight is 264 g/mol. The summed E-state index contributed by atoms with van der Waals surface area (Å²) in [6.45, 7) is 0. The third kappa shape index (κ3) is 3.97. The fourth-order valence-electron chi connectivity index (χ4n) is 1.77. The largest absolute Gasteiger partial charge is 0.497 e. The molecule has 0 heterocycles. The van der Waals surface area contributed by atoms with Gasteiger partial charge in [0, 0.05) is 5.69 Å². The van der Waals surface area contributed by atoms with Crippen LogP contribution in [0.3, 0.4) is 0 Å². The number of nitrogen functional groups attached to an aromatic ring is 1. The van der Waals surface area contributed by atoms with E-state index in [-0.39, 0.29) is 12.4 Å². The molecule has 0 bridgehead atoms. The van der Waals surface area contributed by atoms with Crippen molar-refractivity contribution in [1.82, 2.24) is 0 Å². The Morgan fingerprint density at radius 1 is 0.833 bits per heavy atom. The maximum Gasteiger partial charge on any atom is 0.118 e. The van der Waals surface area contributed by atoms with Gasteiger partial charge in [0.1, 0.15) is 5.75 Å². The molecule has 0 fully saturated rings. The van der Waals surface area contributed by atoms with Crippen molar-refractivity contribution in [3.05, 3.63) is 59.7 Å². The Hall–Kier alpha value is -1.67. The van der Waals surface area contributed by atoms with Gasteiger partial charge >= 0.3 is 0 Å². The molecule has 0 aliphatic carbocycles. The predicted molar refractivity (Wildman–Crippen MR) is 78.5 cm³/mol. The minimum Gasteiger partial charge on any atom is -0.497 e. The van der Waals surface area contributed by atoms with E-state index in [4.69, 9.17) is 10.5 Å².